The minimum Gasteiger partial charge on any atom is -0.478 e. The summed E-state index contributed by atoms with van der Waals surface area (Å²) in [6, 6.07) is 19.1. The zero-order valence-corrected chi connectivity index (χ0v) is 16.1. The molecule has 1 aliphatic carbocycles. The average molecular weight is 364 g/mol. The molecule has 142 valence electrons. The fraction of sp³-hybridized carbons (Fsp3) is 0.458. The molecule has 2 bridgehead atoms. The Morgan fingerprint density at radius 3 is 2.74 bits per heavy atom. The van der Waals surface area contributed by atoms with Gasteiger partial charge in [0.25, 0.3) is 0 Å². The molecule has 0 radical (unpaired) electrons. The molecule has 2 aromatic carbocycles. The lowest BCUT2D eigenvalue weighted by atomic mass is 9.57. The Balaban J connectivity index is 1.54. The maximum absolute atomic E-state index is 11.5. The maximum atomic E-state index is 11.5. The Kier molecular flexibility index (Phi) is 5.05. The molecule has 0 spiro atoms. The first kappa shape index (κ1) is 18.2. The van der Waals surface area contributed by atoms with E-state index in [0.29, 0.717) is 17.5 Å². The number of benzene rings is 2. The standard InChI is InChI=1S/C24H29NO2/c1-18-22-11-6-13-24(18,21-10-5-9-20(17-21)23(26)27)14-16-25(22)15-12-19-7-3-2-4-8-19/h2-5,7-10,17-18,22H,6,11-16H2,1H3,(H,26,27)/t18-,22?,24?/m0/s1. The maximum Gasteiger partial charge on any atom is 0.335 e. The first-order chi connectivity index (χ1) is 13.1. The van der Waals surface area contributed by atoms with Crippen LogP contribution in [0.3, 0.4) is 0 Å². The molecular weight excluding hydrogens is 334 g/mol. The fourth-order valence-electron chi connectivity index (χ4n) is 5.54. The quantitative estimate of drug-likeness (QED) is 0.833. The van der Waals surface area contributed by atoms with Gasteiger partial charge in [0.1, 0.15) is 0 Å². The fourth-order valence-corrected chi connectivity index (χ4v) is 5.54. The highest BCUT2D eigenvalue weighted by molar-refractivity contribution is 5.87. The summed E-state index contributed by atoms with van der Waals surface area (Å²) >= 11 is 0. The highest BCUT2D eigenvalue weighted by Gasteiger charge is 2.49. The summed E-state index contributed by atoms with van der Waals surface area (Å²) in [5, 5.41) is 9.41. The SMILES string of the molecule is C[C@H]1C2CCCC1(c1cccc(C(=O)O)c1)CCN2CCc1ccccc1. The van der Waals surface area contributed by atoms with Gasteiger partial charge in [0, 0.05) is 18.0 Å². The Hall–Kier alpha value is -2.13. The van der Waals surface area contributed by atoms with Crippen molar-refractivity contribution in [3.05, 3.63) is 71.3 Å². The second kappa shape index (κ2) is 7.47. The van der Waals surface area contributed by atoms with E-state index in [1.165, 1.54) is 30.4 Å². The summed E-state index contributed by atoms with van der Waals surface area (Å²) in [4.78, 5) is 14.1. The molecule has 1 N–H and O–H groups in total. The highest BCUT2D eigenvalue weighted by atomic mass is 16.4. The van der Waals surface area contributed by atoms with Gasteiger partial charge in [-0.3, -0.25) is 4.90 Å². The summed E-state index contributed by atoms with van der Waals surface area (Å²) < 4.78 is 0. The van der Waals surface area contributed by atoms with Crippen molar-refractivity contribution in [2.24, 2.45) is 5.92 Å². The topological polar surface area (TPSA) is 40.5 Å². The molecule has 1 aliphatic heterocycles. The van der Waals surface area contributed by atoms with Gasteiger partial charge in [-0.25, -0.2) is 4.79 Å². The van der Waals surface area contributed by atoms with Gasteiger partial charge < -0.3 is 5.11 Å². The van der Waals surface area contributed by atoms with Crippen LogP contribution >= 0.6 is 0 Å². The van der Waals surface area contributed by atoms with E-state index in [4.69, 9.17) is 0 Å². The highest BCUT2D eigenvalue weighted by Crippen LogP contribution is 2.50. The van der Waals surface area contributed by atoms with Crippen LogP contribution < -0.4 is 0 Å². The smallest absolute Gasteiger partial charge is 0.335 e. The third kappa shape index (κ3) is 3.41. The van der Waals surface area contributed by atoms with Crippen LogP contribution in [0.5, 0.6) is 0 Å². The number of hydrogen-bond donors (Lipinski definition) is 1. The van der Waals surface area contributed by atoms with Gasteiger partial charge in [0.2, 0.25) is 0 Å². The number of aromatic carboxylic acids is 1. The van der Waals surface area contributed by atoms with Gasteiger partial charge in [-0.2, -0.15) is 0 Å². The van der Waals surface area contributed by atoms with E-state index in [2.05, 4.69) is 48.2 Å². The number of fused-ring (bicyclic) bond motifs is 2. The molecule has 1 saturated carbocycles. The molecule has 1 saturated heterocycles. The van der Waals surface area contributed by atoms with Crippen LogP contribution in [-0.2, 0) is 11.8 Å². The number of rotatable bonds is 5. The Labute approximate surface area is 162 Å². The predicted molar refractivity (Wildman–Crippen MR) is 108 cm³/mol. The van der Waals surface area contributed by atoms with Crippen LogP contribution in [0.25, 0.3) is 0 Å². The Morgan fingerprint density at radius 2 is 1.96 bits per heavy atom. The van der Waals surface area contributed by atoms with E-state index in [0.717, 1.165) is 25.9 Å². The van der Waals surface area contributed by atoms with Gasteiger partial charge in [-0.15, -0.1) is 0 Å². The number of nitrogens with zero attached hydrogens (tertiary/aromatic N) is 1. The molecule has 2 aromatic rings. The van der Waals surface area contributed by atoms with Crippen LogP contribution in [-0.4, -0.2) is 35.1 Å². The van der Waals surface area contributed by atoms with Crippen molar-refractivity contribution in [3.8, 4) is 0 Å². The molecular formula is C24H29NO2. The second-order valence-corrected chi connectivity index (χ2v) is 8.31. The molecule has 2 unspecified atom stereocenters. The zero-order chi connectivity index (χ0) is 18.9. The Bertz CT molecular complexity index is 803. The number of carbonyl (C=O) groups is 1. The minimum atomic E-state index is -0.825. The molecule has 3 atom stereocenters. The van der Waals surface area contributed by atoms with E-state index in [-0.39, 0.29) is 5.41 Å². The van der Waals surface area contributed by atoms with Gasteiger partial charge in [0.15, 0.2) is 0 Å². The zero-order valence-electron chi connectivity index (χ0n) is 16.1. The third-order valence-corrected chi connectivity index (χ3v) is 7.10. The van der Waals surface area contributed by atoms with Crippen LogP contribution in [0, 0.1) is 5.92 Å². The summed E-state index contributed by atoms with van der Waals surface area (Å²) in [6.07, 6.45) is 5.90. The lowest BCUT2D eigenvalue weighted by molar-refractivity contribution is -0.00238. The van der Waals surface area contributed by atoms with Gasteiger partial charge in [-0.05, 0) is 61.4 Å². The van der Waals surface area contributed by atoms with E-state index in [1.807, 2.05) is 12.1 Å². The third-order valence-electron chi connectivity index (χ3n) is 7.10. The monoisotopic (exact) mass is 363 g/mol. The van der Waals surface area contributed by atoms with E-state index in [9.17, 15) is 9.90 Å². The molecule has 0 aromatic heterocycles. The van der Waals surface area contributed by atoms with Crippen molar-refractivity contribution in [1.29, 1.82) is 0 Å². The first-order valence-electron chi connectivity index (χ1n) is 10.2. The summed E-state index contributed by atoms with van der Waals surface area (Å²) in [6.45, 7) is 4.62. The van der Waals surface area contributed by atoms with Crippen molar-refractivity contribution in [3.63, 3.8) is 0 Å². The van der Waals surface area contributed by atoms with Crippen LogP contribution in [0.2, 0.25) is 0 Å². The van der Waals surface area contributed by atoms with Crippen molar-refractivity contribution in [2.75, 3.05) is 13.1 Å². The summed E-state index contributed by atoms with van der Waals surface area (Å²) in [5.41, 5.74) is 3.20. The van der Waals surface area contributed by atoms with Crippen molar-refractivity contribution in [1.82, 2.24) is 4.90 Å². The van der Waals surface area contributed by atoms with Crippen molar-refractivity contribution in [2.45, 2.75) is 50.5 Å². The molecule has 2 aliphatic rings. The largest absolute Gasteiger partial charge is 0.478 e. The molecule has 0 amide bonds. The van der Waals surface area contributed by atoms with Crippen molar-refractivity contribution >= 4 is 5.97 Å². The first-order valence-corrected chi connectivity index (χ1v) is 10.2. The van der Waals surface area contributed by atoms with Gasteiger partial charge in [0.05, 0.1) is 5.56 Å². The predicted octanol–water partition coefficient (Wildman–Crippen LogP) is 4.76. The number of carboxylic acid groups (broad SMARTS) is 1. The van der Waals surface area contributed by atoms with Gasteiger partial charge in [-0.1, -0.05) is 55.8 Å². The molecule has 1 heterocycles. The second-order valence-electron chi connectivity index (χ2n) is 8.31. The number of piperidine rings is 1. The lowest BCUT2D eigenvalue weighted by Crippen LogP contribution is -2.58. The summed E-state index contributed by atoms with van der Waals surface area (Å²) in [7, 11) is 0. The lowest BCUT2D eigenvalue weighted by Gasteiger charge is -2.56. The van der Waals surface area contributed by atoms with E-state index < -0.39 is 5.97 Å². The molecule has 3 heteroatoms. The average Bonchev–Trinajstić information content (AvgIpc) is 2.68. The molecule has 27 heavy (non-hydrogen) atoms. The van der Waals surface area contributed by atoms with E-state index >= 15 is 0 Å². The minimum absolute atomic E-state index is 0.137. The summed E-state index contributed by atoms with van der Waals surface area (Å²) in [5.74, 6) is -0.270. The van der Waals surface area contributed by atoms with Gasteiger partial charge >= 0.3 is 5.97 Å². The van der Waals surface area contributed by atoms with Crippen molar-refractivity contribution < 1.29 is 9.90 Å². The normalized spacial score (nSPS) is 28.0. The van der Waals surface area contributed by atoms with Crippen LogP contribution in [0.1, 0.15) is 54.1 Å². The molecule has 2 fully saturated rings. The molecule has 3 nitrogen and oxygen atoms in total. The number of hydrogen-bond acceptors (Lipinski definition) is 2. The van der Waals surface area contributed by atoms with Crippen LogP contribution in [0.15, 0.2) is 54.6 Å². The number of carboxylic acids is 1. The van der Waals surface area contributed by atoms with Crippen LogP contribution in [0.4, 0.5) is 0 Å². The number of likely N-dealkylation sites (tertiary alicyclic amines) is 1. The Morgan fingerprint density at radius 1 is 1.15 bits per heavy atom. The molecule has 4 rings (SSSR count). The van der Waals surface area contributed by atoms with E-state index in [1.54, 1.807) is 6.07 Å².